The summed E-state index contributed by atoms with van der Waals surface area (Å²) in [6, 6.07) is 7.59. The molecule has 21 heavy (non-hydrogen) atoms. The lowest BCUT2D eigenvalue weighted by atomic mass is 10.3. The number of alkyl halides is 3. The molecule has 0 bridgehead atoms. The third kappa shape index (κ3) is 7.19. The molecular formula is C12H13Cl3IN3OS. The van der Waals surface area contributed by atoms with Crippen molar-refractivity contribution in [3.8, 4) is 0 Å². The first-order valence-corrected chi connectivity index (χ1v) is 8.53. The fraction of sp³-hybridized carbons (Fsp3) is 0.333. The smallest absolute Gasteiger partial charge is 0.228 e. The van der Waals surface area contributed by atoms with E-state index in [2.05, 4.69) is 38.5 Å². The van der Waals surface area contributed by atoms with E-state index >= 15 is 0 Å². The van der Waals surface area contributed by atoms with E-state index in [1.54, 1.807) is 6.92 Å². The van der Waals surface area contributed by atoms with Gasteiger partial charge in [0.15, 0.2) is 5.11 Å². The van der Waals surface area contributed by atoms with Crippen LogP contribution < -0.4 is 16.0 Å². The van der Waals surface area contributed by atoms with Gasteiger partial charge in [-0.15, -0.1) is 0 Å². The lowest BCUT2D eigenvalue weighted by Crippen LogP contribution is -2.56. The summed E-state index contributed by atoms with van der Waals surface area (Å²) >= 11 is 24.9. The first kappa shape index (κ1) is 19.0. The number of hydrogen-bond donors (Lipinski definition) is 3. The number of anilines is 1. The Labute approximate surface area is 157 Å². The van der Waals surface area contributed by atoms with Gasteiger partial charge in [0.05, 0.1) is 0 Å². The number of rotatable bonds is 4. The Morgan fingerprint density at radius 2 is 1.86 bits per heavy atom. The molecule has 1 aromatic carbocycles. The lowest BCUT2D eigenvalue weighted by Gasteiger charge is -2.27. The molecule has 0 aliphatic heterocycles. The second-order valence-electron chi connectivity index (χ2n) is 4.00. The Balaban J connectivity index is 2.67. The number of halogens is 4. The van der Waals surface area contributed by atoms with Gasteiger partial charge in [0, 0.05) is 15.7 Å². The quantitative estimate of drug-likeness (QED) is 0.266. The van der Waals surface area contributed by atoms with Crippen molar-refractivity contribution in [2.75, 3.05) is 5.32 Å². The van der Waals surface area contributed by atoms with Crippen LogP contribution in [0.15, 0.2) is 24.3 Å². The standard InChI is InChI=1S/C12H13Cl3IN3OS/c1-2-9(20)18-10(12(13,14)15)19-11(21)17-8-5-3-7(16)4-6-8/h3-6,10H,2H2,1H3,(H,18,20)(H2,17,19,21). The van der Waals surface area contributed by atoms with E-state index in [9.17, 15) is 4.79 Å². The van der Waals surface area contributed by atoms with E-state index in [-0.39, 0.29) is 17.4 Å². The van der Waals surface area contributed by atoms with Crippen molar-refractivity contribution in [3.05, 3.63) is 27.8 Å². The van der Waals surface area contributed by atoms with Crippen molar-refractivity contribution < 1.29 is 4.79 Å². The summed E-state index contributed by atoms with van der Waals surface area (Å²) in [5.41, 5.74) is 0.790. The molecule has 0 fully saturated rings. The molecule has 9 heteroatoms. The maximum absolute atomic E-state index is 11.5. The molecule has 0 radical (unpaired) electrons. The van der Waals surface area contributed by atoms with Crippen molar-refractivity contribution in [2.45, 2.75) is 23.3 Å². The van der Waals surface area contributed by atoms with Gasteiger partial charge >= 0.3 is 0 Å². The third-order valence-electron chi connectivity index (χ3n) is 2.33. The summed E-state index contributed by atoms with van der Waals surface area (Å²) in [5, 5.41) is 8.53. The van der Waals surface area contributed by atoms with Gasteiger partial charge in [0.25, 0.3) is 0 Å². The first-order valence-electron chi connectivity index (χ1n) is 5.91. The molecule has 116 valence electrons. The molecule has 4 nitrogen and oxygen atoms in total. The van der Waals surface area contributed by atoms with Gasteiger partial charge in [-0.1, -0.05) is 41.7 Å². The van der Waals surface area contributed by atoms with Crippen molar-refractivity contribution in [2.24, 2.45) is 0 Å². The first-order chi connectivity index (χ1) is 9.72. The Hall–Kier alpha value is -0.0200. The fourth-order valence-corrected chi connectivity index (χ4v) is 2.22. The van der Waals surface area contributed by atoms with Gasteiger partial charge < -0.3 is 16.0 Å². The minimum absolute atomic E-state index is 0.240. The molecule has 0 aliphatic carbocycles. The molecule has 1 aromatic rings. The normalized spacial score (nSPS) is 12.4. The number of carbonyl (C=O) groups excluding carboxylic acids is 1. The van der Waals surface area contributed by atoms with Gasteiger partial charge in [-0.25, -0.2) is 0 Å². The van der Waals surface area contributed by atoms with Crippen LogP contribution in [0.3, 0.4) is 0 Å². The molecular weight excluding hydrogens is 467 g/mol. The number of nitrogens with one attached hydrogen (secondary N) is 3. The van der Waals surface area contributed by atoms with Crippen LogP contribution in [0.5, 0.6) is 0 Å². The third-order valence-corrected chi connectivity index (χ3v) is 3.93. The predicted molar refractivity (Wildman–Crippen MR) is 101 cm³/mol. The number of hydrogen-bond acceptors (Lipinski definition) is 2. The topological polar surface area (TPSA) is 53.2 Å². The molecule has 0 saturated carbocycles. The van der Waals surface area contributed by atoms with E-state index in [0.717, 1.165) is 9.26 Å². The van der Waals surface area contributed by atoms with E-state index in [4.69, 9.17) is 47.0 Å². The van der Waals surface area contributed by atoms with Crippen LogP contribution in [0.25, 0.3) is 0 Å². The Morgan fingerprint density at radius 1 is 1.29 bits per heavy atom. The SMILES string of the molecule is CCC(=O)NC(NC(=S)Nc1ccc(I)cc1)C(Cl)(Cl)Cl. The highest BCUT2D eigenvalue weighted by molar-refractivity contribution is 14.1. The molecule has 0 saturated heterocycles. The average molecular weight is 481 g/mol. The van der Waals surface area contributed by atoms with E-state index in [0.29, 0.717) is 0 Å². The van der Waals surface area contributed by atoms with Crippen molar-refractivity contribution >= 4 is 86.3 Å². The summed E-state index contributed by atoms with van der Waals surface area (Å²) in [6.45, 7) is 1.70. The van der Waals surface area contributed by atoms with Crippen molar-refractivity contribution in [1.29, 1.82) is 0 Å². The number of amides is 1. The lowest BCUT2D eigenvalue weighted by molar-refractivity contribution is -0.121. The molecule has 1 atom stereocenters. The van der Waals surface area contributed by atoms with E-state index in [1.165, 1.54) is 0 Å². The Kier molecular flexibility index (Phi) is 7.77. The molecule has 0 aliphatic rings. The summed E-state index contributed by atoms with van der Waals surface area (Å²) < 4.78 is -0.630. The van der Waals surface area contributed by atoms with E-state index < -0.39 is 9.96 Å². The highest BCUT2D eigenvalue weighted by atomic mass is 127. The largest absolute Gasteiger partial charge is 0.339 e. The van der Waals surface area contributed by atoms with Gasteiger partial charge in [0.2, 0.25) is 9.70 Å². The molecule has 1 rings (SSSR count). The molecule has 3 N–H and O–H groups in total. The molecule has 0 heterocycles. The van der Waals surface area contributed by atoms with Crippen LogP contribution in [-0.2, 0) is 4.79 Å². The molecule has 1 unspecified atom stereocenters. The van der Waals surface area contributed by atoms with Gasteiger partial charge in [0.1, 0.15) is 6.17 Å². The highest BCUT2D eigenvalue weighted by Crippen LogP contribution is 2.29. The zero-order valence-corrected chi connectivity index (χ0v) is 16.2. The summed E-state index contributed by atoms with van der Waals surface area (Å²) in [4.78, 5) is 11.5. The summed E-state index contributed by atoms with van der Waals surface area (Å²) in [5.74, 6) is -0.254. The van der Waals surface area contributed by atoms with Gasteiger partial charge in [-0.05, 0) is 59.1 Å². The minimum atomic E-state index is -1.73. The van der Waals surface area contributed by atoms with Crippen LogP contribution in [0.1, 0.15) is 13.3 Å². The van der Waals surface area contributed by atoms with Crippen LogP contribution in [-0.4, -0.2) is 21.0 Å². The maximum Gasteiger partial charge on any atom is 0.228 e. The van der Waals surface area contributed by atoms with Crippen molar-refractivity contribution in [3.63, 3.8) is 0 Å². The number of benzene rings is 1. The second kappa shape index (κ2) is 8.57. The van der Waals surface area contributed by atoms with Crippen LogP contribution >= 0.6 is 69.6 Å². The molecule has 0 spiro atoms. The average Bonchev–Trinajstić information content (AvgIpc) is 2.39. The Morgan fingerprint density at radius 3 is 2.33 bits per heavy atom. The zero-order chi connectivity index (χ0) is 16.0. The predicted octanol–water partition coefficient (Wildman–Crippen LogP) is 3.80. The second-order valence-corrected chi connectivity index (χ2v) is 8.02. The Bertz CT molecular complexity index is 507. The molecule has 1 amide bonds. The monoisotopic (exact) mass is 479 g/mol. The maximum atomic E-state index is 11.5. The number of carbonyl (C=O) groups is 1. The summed E-state index contributed by atoms with van der Waals surface area (Å²) in [6.07, 6.45) is -0.658. The zero-order valence-electron chi connectivity index (χ0n) is 10.9. The minimum Gasteiger partial charge on any atom is -0.339 e. The highest BCUT2D eigenvalue weighted by Gasteiger charge is 2.34. The van der Waals surface area contributed by atoms with Crippen LogP contribution in [0.2, 0.25) is 0 Å². The van der Waals surface area contributed by atoms with Gasteiger partial charge in [-0.3, -0.25) is 4.79 Å². The molecule has 0 aromatic heterocycles. The number of thiocarbonyl (C=S) groups is 1. The van der Waals surface area contributed by atoms with E-state index in [1.807, 2.05) is 24.3 Å². The van der Waals surface area contributed by atoms with Crippen LogP contribution in [0.4, 0.5) is 5.69 Å². The van der Waals surface area contributed by atoms with Gasteiger partial charge in [-0.2, -0.15) is 0 Å². The summed E-state index contributed by atoms with van der Waals surface area (Å²) in [7, 11) is 0. The van der Waals surface area contributed by atoms with Crippen LogP contribution in [0, 0.1) is 3.57 Å². The fourth-order valence-electron chi connectivity index (χ4n) is 1.29. The van der Waals surface area contributed by atoms with Crippen molar-refractivity contribution in [1.82, 2.24) is 10.6 Å².